The predicted molar refractivity (Wildman–Crippen MR) is 196 cm³/mol. The van der Waals surface area contributed by atoms with Crippen molar-refractivity contribution in [2.75, 3.05) is 32.8 Å². The standard InChI is InChI=1S/C38H45F2N9O6/c1-2-13-55-14-10-33(50)44-11-12-45-35(52)25-8-6-24(7-9-25)32(47-42)20-43-19-26-4-3-5-27-21-48(22-30(26)27)34(51)16-28-15-31(46-36(28)53)37(54)49-23-38(39,40)17-29(49)18-41/h3-9,20,28-29,31H,2,10-17,19,21-23,42H2,1H3,(H,44,50)(H,45,52)(H,46,53)/t28-,29-,31-/m0/s1. The first-order valence-corrected chi connectivity index (χ1v) is 18.2. The minimum Gasteiger partial charge on any atom is -0.381 e. The number of carbonyl (C=O) groups is 5. The monoisotopic (exact) mass is 761 g/mol. The first kappa shape index (κ1) is 40.4. The number of amides is 5. The summed E-state index contributed by atoms with van der Waals surface area (Å²) in [6, 6.07) is 11.7. The number of hydrazone groups is 1. The van der Waals surface area contributed by atoms with Crippen LogP contribution in [0.1, 0.15) is 71.6 Å². The number of nitriles is 1. The van der Waals surface area contributed by atoms with E-state index < -0.39 is 48.7 Å². The van der Waals surface area contributed by atoms with Crippen LogP contribution in [0.4, 0.5) is 8.78 Å². The minimum absolute atomic E-state index is 0.0254. The van der Waals surface area contributed by atoms with Gasteiger partial charge in [-0.05, 0) is 41.7 Å². The molecule has 15 nitrogen and oxygen atoms in total. The number of rotatable bonds is 16. The first-order chi connectivity index (χ1) is 26.4. The Labute approximate surface area is 317 Å². The van der Waals surface area contributed by atoms with Crippen LogP contribution < -0.4 is 21.8 Å². The largest absolute Gasteiger partial charge is 0.381 e. The van der Waals surface area contributed by atoms with Gasteiger partial charge in [0.15, 0.2) is 0 Å². The molecule has 5 amide bonds. The number of nitrogens with zero attached hydrogens (tertiary/aromatic N) is 5. The number of nitrogens with one attached hydrogen (secondary N) is 3. The summed E-state index contributed by atoms with van der Waals surface area (Å²) in [6.07, 6.45) is 1.75. The Morgan fingerprint density at radius 1 is 1.09 bits per heavy atom. The highest BCUT2D eigenvalue weighted by Crippen LogP contribution is 2.34. The quantitative estimate of drug-likeness (QED) is 0.0855. The fraction of sp³-hybridized carbons (Fsp3) is 0.474. The molecule has 3 aliphatic heterocycles. The van der Waals surface area contributed by atoms with E-state index in [0.29, 0.717) is 49.7 Å². The zero-order valence-electron chi connectivity index (χ0n) is 30.6. The summed E-state index contributed by atoms with van der Waals surface area (Å²) >= 11 is 0. The van der Waals surface area contributed by atoms with Crippen LogP contribution >= 0.6 is 0 Å². The van der Waals surface area contributed by atoms with E-state index >= 15 is 0 Å². The molecule has 17 heteroatoms. The van der Waals surface area contributed by atoms with Gasteiger partial charge in [0.1, 0.15) is 17.8 Å². The molecule has 5 rings (SSSR count). The van der Waals surface area contributed by atoms with Crippen molar-refractivity contribution in [1.29, 1.82) is 5.26 Å². The fourth-order valence-electron chi connectivity index (χ4n) is 6.78. The van der Waals surface area contributed by atoms with Gasteiger partial charge in [0, 0.05) is 75.3 Å². The predicted octanol–water partition coefficient (Wildman–Crippen LogP) is 1.78. The zero-order valence-corrected chi connectivity index (χ0v) is 30.6. The van der Waals surface area contributed by atoms with Gasteiger partial charge in [-0.15, -0.1) is 0 Å². The summed E-state index contributed by atoms with van der Waals surface area (Å²) < 4.78 is 33.1. The van der Waals surface area contributed by atoms with Crippen molar-refractivity contribution in [1.82, 2.24) is 25.8 Å². The Hall–Kier alpha value is -5.76. The molecule has 55 heavy (non-hydrogen) atoms. The maximum Gasteiger partial charge on any atom is 0.268 e. The van der Waals surface area contributed by atoms with Gasteiger partial charge in [-0.25, -0.2) is 8.78 Å². The number of ether oxygens (including phenoxy) is 1. The number of halogens is 2. The Bertz CT molecular complexity index is 1860. The highest BCUT2D eigenvalue weighted by molar-refractivity contribution is 6.38. The Morgan fingerprint density at radius 3 is 2.56 bits per heavy atom. The van der Waals surface area contributed by atoms with E-state index in [1.54, 1.807) is 35.2 Å². The number of hydrogen-bond donors (Lipinski definition) is 4. The van der Waals surface area contributed by atoms with Crippen molar-refractivity contribution in [2.24, 2.45) is 21.9 Å². The SMILES string of the molecule is CCCOCCC(=O)NCCNC(=O)c1ccc(C(C=NCc2cccc3c2CN(C(=O)C[C@@H]2C[C@@H](C(=O)N4CC(F)(F)C[C@H]4C#N)NC2=O)C3)=NN)cc1. The minimum atomic E-state index is -3.18. The molecule has 0 unspecified atom stereocenters. The van der Waals surface area contributed by atoms with Crippen molar-refractivity contribution in [3.05, 3.63) is 70.3 Å². The lowest BCUT2D eigenvalue weighted by atomic mass is 9.99. The Morgan fingerprint density at radius 2 is 1.84 bits per heavy atom. The van der Waals surface area contributed by atoms with Gasteiger partial charge in [-0.2, -0.15) is 10.4 Å². The van der Waals surface area contributed by atoms with Crippen molar-refractivity contribution in [3.63, 3.8) is 0 Å². The lowest BCUT2D eigenvalue weighted by Crippen LogP contribution is -2.46. The van der Waals surface area contributed by atoms with E-state index in [-0.39, 0.29) is 50.1 Å². The zero-order chi connectivity index (χ0) is 39.5. The smallest absolute Gasteiger partial charge is 0.268 e. The second-order valence-electron chi connectivity index (χ2n) is 13.7. The normalized spacial score (nSPS) is 20.3. The molecule has 0 aliphatic carbocycles. The molecule has 2 saturated heterocycles. The first-order valence-electron chi connectivity index (χ1n) is 18.2. The van der Waals surface area contributed by atoms with E-state index in [1.807, 2.05) is 25.1 Å². The van der Waals surface area contributed by atoms with E-state index in [2.05, 4.69) is 26.0 Å². The lowest BCUT2D eigenvalue weighted by molar-refractivity contribution is -0.135. The van der Waals surface area contributed by atoms with E-state index in [0.717, 1.165) is 28.0 Å². The van der Waals surface area contributed by atoms with Crippen LogP contribution in [0.15, 0.2) is 52.6 Å². The number of fused-ring (bicyclic) bond motifs is 1. The molecule has 0 spiro atoms. The van der Waals surface area contributed by atoms with E-state index in [9.17, 15) is 38.0 Å². The highest BCUT2D eigenvalue weighted by Gasteiger charge is 2.50. The number of nitrogens with two attached hydrogens (primary N) is 1. The van der Waals surface area contributed by atoms with Crippen LogP contribution in [-0.4, -0.2) is 102 Å². The lowest BCUT2D eigenvalue weighted by Gasteiger charge is -2.22. The molecular weight excluding hydrogens is 716 g/mol. The van der Waals surface area contributed by atoms with Crippen LogP contribution in [0, 0.1) is 17.2 Å². The van der Waals surface area contributed by atoms with Gasteiger partial charge >= 0.3 is 0 Å². The fourth-order valence-corrected chi connectivity index (χ4v) is 6.78. The molecule has 2 aromatic carbocycles. The molecule has 3 aliphatic rings. The molecule has 2 fully saturated rings. The average Bonchev–Trinajstić information content (AvgIpc) is 3.87. The summed E-state index contributed by atoms with van der Waals surface area (Å²) in [7, 11) is 0. The summed E-state index contributed by atoms with van der Waals surface area (Å²) in [5.41, 5.74) is 4.18. The maximum absolute atomic E-state index is 13.9. The van der Waals surface area contributed by atoms with Crippen LogP contribution in [0.5, 0.6) is 0 Å². The molecule has 292 valence electrons. The molecular formula is C38H45F2N9O6. The third-order valence-corrected chi connectivity index (χ3v) is 9.67. The van der Waals surface area contributed by atoms with Gasteiger partial charge < -0.3 is 36.3 Å². The van der Waals surface area contributed by atoms with Crippen LogP contribution in [-0.2, 0) is 43.5 Å². The number of benzene rings is 2. The second kappa shape index (κ2) is 18.5. The molecule has 5 N–H and O–H groups in total. The van der Waals surface area contributed by atoms with Crippen molar-refractivity contribution < 1.29 is 37.5 Å². The molecule has 3 heterocycles. The second-order valence-corrected chi connectivity index (χ2v) is 13.7. The molecule has 0 bridgehead atoms. The molecule has 0 aromatic heterocycles. The summed E-state index contributed by atoms with van der Waals surface area (Å²) in [4.78, 5) is 70.4. The average molecular weight is 762 g/mol. The van der Waals surface area contributed by atoms with Gasteiger partial charge in [0.2, 0.25) is 23.6 Å². The van der Waals surface area contributed by atoms with Gasteiger partial charge in [-0.3, -0.25) is 29.0 Å². The highest BCUT2D eigenvalue weighted by atomic mass is 19.3. The van der Waals surface area contributed by atoms with Crippen LogP contribution in [0.25, 0.3) is 0 Å². The summed E-state index contributed by atoms with van der Waals surface area (Å²) in [5, 5.41) is 21.1. The van der Waals surface area contributed by atoms with Crippen molar-refractivity contribution in [2.45, 2.75) is 76.7 Å². The van der Waals surface area contributed by atoms with Gasteiger partial charge in [0.25, 0.3) is 11.8 Å². The van der Waals surface area contributed by atoms with E-state index in [1.165, 1.54) is 6.21 Å². The Balaban J connectivity index is 1.09. The number of hydrogen-bond acceptors (Lipinski definition) is 10. The van der Waals surface area contributed by atoms with Crippen molar-refractivity contribution >= 4 is 41.5 Å². The van der Waals surface area contributed by atoms with Gasteiger partial charge in [-0.1, -0.05) is 37.3 Å². The molecule has 2 aromatic rings. The van der Waals surface area contributed by atoms with Crippen LogP contribution in [0.2, 0.25) is 0 Å². The number of carbonyl (C=O) groups excluding carboxylic acids is 5. The van der Waals surface area contributed by atoms with Gasteiger partial charge in [0.05, 0.1) is 25.8 Å². The third kappa shape index (κ3) is 10.5. The molecule has 3 atom stereocenters. The number of alkyl halides is 2. The number of likely N-dealkylation sites (tertiary alicyclic amines) is 1. The Kier molecular flexibility index (Phi) is 13.6. The summed E-state index contributed by atoms with van der Waals surface area (Å²) in [6.45, 7) is 3.52. The van der Waals surface area contributed by atoms with Crippen LogP contribution in [0.3, 0.4) is 0 Å². The number of aliphatic imine (C=N–C) groups is 1. The van der Waals surface area contributed by atoms with Crippen molar-refractivity contribution in [3.8, 4) is 6.07 Å². The molecule has 0 saturated carbocycles. The topological polar surface area (TPSA) is 212 Å². The van der Waals surface area contributed by atoms with E-state index in [4.69, 9.17) is 10.6 Å². The molecule has 0 radical (unpaired) electrons. The summed E-state index contributed by atoms with van der Waals surface area (Å²) in [5.74, 6) is -0.295. The third-order valence-electron chi connectivity index (χ3n) is 9.67. The maximum atomic E-state index is 13.9.